The first-order chi connectivity index (χ1) is 12.8. The second-order valence-electron chi connectivity index (χ2n) is 6.47. The molecule has 7 nitrogen and oxygen atoms in total. The van der Waals surface area contributed by atoms with Gasteiger partial charge in [0.1, 0.15) is 11.1 Å². The Kier molecular flexibility index (Phi) is 4.77. The van der Waals surface area contributed by atoms with Crippen molar-refractivity contribution in [2.45, 2.75) is 26.8 Å². The summed E-state index contributed by atoms with van der Waals surface area (Å²) in [5.74, 6) is -0.595. The molecule has 138 valence electrons. The fraction of sp³-hybridized carbons (Fsp3) is 0.200. The van der Waals surface area contributed by atoms with E-state index in [4.69, 9.17) is 4.42 Å². The molecule has 2 aromatic carbocycles. The zero-order valence-electron chi connectivity index (χ0n) is 15.1. The van der Waals surface area contributed by atoms with Gasteiger partial charge in [0.25, 0.3) is 11.6 Å². The molecule has 1 aromatic heterocycles. The second kappa shape index (κ2) is 7.03. The van der Waals surface area contributed by atoms with E-state index in [-0.39, 0.29) is 22.9 Å². The molecule has 0 saturated heterocycles. The van der Waals surface area contributed by atoms with E-state index in [0.717, 1.165) is 16.7 Å². The van der Waals surface area contributed by atoms with E-state index in [9.17, 15) is 19.7 Å². The van der Waals surface area contributed by atoms with Gasteiger partial charge in [-0.15, -0.1) is 0 Å². The van der Waals surface area contributed by atoms with E-state index in [1.165, 1.54) is 24.3 Å². The molecule has 0 bridgehead atoms. The van der Waals surface area contributed by atoms with Crippen molar-refractivity contribution in [3.63, 3.8) is 0 Å². The molecule has 1 heterocycles. The van der Waals surface area contributed by atoms with Crippen LogP contribution in [-0.2, 0) is 0 Å². The molecule has 0 aliphatic heterocycles. The van der Waals surface area contributed by atoms with Crippen molar-refractivity contribution >= 4 is 22.6 Å². The SMILES string of the molecule is Cc1ccc([C@@H](C)NC(=O)c2cc3cc([N+](=O)[O-])ccc3oc2=O)cc1C. The van der Waals surface area contributed by atoms with Crippen molar-refractivity contribution in [2.75, 3.05) is 0 Å². The van der Waals surface area contributed by atoms with Crippen LogP contribution in [0.5, 0.6) is 0 Å². The lowest BCUT2D eigenvalue weighted by atomic mass is 10.0. The number of amides is 1. The Bertz CT molecular complexity index is 1120. The largest absolute Gasteiger partial charge is 0.422 e. The molecule has 3 aromatic rings. The van der Waals surface area contributed by atoms with Gasteiger partial charge >= 0.3 is 5.63 Å². The number of hydrogen-bond donors (Lipinski definition) is 1. The predicted molar refractivity (Wildman–Crippen MR) is 101 cm³/mol. The molecule has 0 saturated carbocycles. The van der Waals surface area contributed by atoms with Crippen LogP contribution in [0.4, 0.5) is 5.69 Å². The summed E-state index contributed by atoms with van der Waals surface area (Å²) in [6, 6.07) is 10.7. The van der Waals surface area contributed by atoms with Crippen LogP contribution >= 0.6 is 0 Å². The highest BCUT2D eigenvalue weighted by molar-refractivity contribution is 5.97. The Morgan fingerprint density at radius 2 is 1.85 bits per heavy atom. The minimum Gasteiger partial charge on any atom is -0.422 e. The topological polar surface area (TPSA) is 102 Å². The number of hydrogen-bond acceptors (Lipinski definition) is 5. The number of rotatable bonds is 4. The van der Waals surface area contributed by atoms with Crippen molar-refractivity contribution in [3.8, 4) is 0 Å². The Balaban J connectivity index is 1.92. The lowest BCUT2D eigenvalue weighted by molar-refractivity contribution is -0.384. The number of nitrogens with one attached hydrogen (secondary N) is 1. The Morgan fingerprint density at radius 3 is 2.52 bits per heavy atom. The van der Waals surface area contributed by atoms with Crippen LogP contribution in [0, 0.1) is 24.0 Å². The maximum absolute atomic E-state index is 12.6. The number of benzene rings is 2. The van der Waals surface area contributed by atoms with Gasteiger partial charge in [-0.3, -0.25) is 14.9 Å². The Labute approximate surface area is 154 Å². The van der Waals surface area contributed by atoms with E-state index < -0.39 is 16.5 Å². The molecule has 0 fully saturated rings. The number of aryl methyl sites for hydroxylation is 2. The normalized spacial score (nSPS) is 12.0. The zero-order valence-corrected chi connectivity index (χ0v) is 15.1. The van der Waals surface area contributed by atoms with Crippen molar-refractivity contribution in [1.82, 2.24) is 5.32 Å². The van der Waals surface area contributed by atoms with Gasteiger partial charge in [-0.2, -0.15) is 0 Å². The van der Waals surface area contributed by atoms with E-state index in [1.807, 2.05) is 39.0 Å². The molecule has 0 radical (unpaired) electrons. The van der Waals surface area contributed by atoms with Gasteiger partial charge in [0.2, 0.25) is 0 Å². The first kappa shape index (κ1) is 18.3. The van der Waals surface area contributed by atoms with Gasteiger partial charge in [-0.1, -0.05) is 18.2 Å². The molecule has 0 spiro atoms. The van der Waals surface area contributed by atoms with Gasteiger partial charge < -0.3 is 9.73 Å². The third kappa shape index (κ3) is 3.72. The maximum Gasteiger partial charge on any atom is 0.349 e. The van der Waals surface area contributed by atoms with Gasteiger partial charge in [0, 0.05) is 17.5 Å². The van der Waals surface area contributed by atoms with Crippen LogP contribution in [0.1, 0.15) is 40.0 Å². The molecular weight excluding hydrogens is 348 g/mol. The number of carbonyl (C=O) groups excluding carboxylic acids is 1. The summed E-state index contributed by atoms with van der Waals surface area (Å²) in [5.41, 5.74) is 2.21. The summed E-state index contributed by atoms with van der Waals surface area (Å²) >= 11 is 0. The van der Waals surface area contributed by atoms with Crippen molar-refractivity contribution < 1.29 is 14.1 Å². The van der Waals surface area contributed by atoms with Gasteiger partial charge in [-0.25, -0.2) is 4.79 Å². The average molecular weight is 366 g/mol. The van der Waals surface area contributed by atoms with Crippen molar-refractivity contribution in [3.05, 3.63) is 85.3 Å². The average Bonchev–Trinajstić information content (AvgIpc) is 2.62. The maximum atomic E-state index is 12.6. The van der Waals surface area contributed by atoms with E-state index in [2.05, 4.69) is 5.32 Å². The molecule has 3 rings (SSSR count). The van der Waals surface area contributed by atoms with Gasteiger partial charge in [-0.05, 0) is 49.6 Å². The predicted octanol–water partition coefficient (Wildman–Crippen LogP) is 3.81. The van der Waals surface area contributed by atoms with Crippen molar-refractivity contribution in [1.29, 1.82) is 0 Å². The number of nitrogens with zero attached hydrogens (tertiary/aromatic N) is 1. The van der Waals surface area contributed by atoms with Crippen LogP contribution in [0.2, 0.25) is 0 Å². The van der Waals surface area contributed by atoms with Gasteiger partial charge in [0.05, 0.1) is 11.0 Å². The summed E-state index contributed by atoms with van der Waals surface area (Å²) in [4.78, 5) is 35.1. The third-order valence-corrected chi connectivity index (χ3v) is 4.55. The molecule has 1 atom stereocenters. The number of nitro benzene ring substituents is 1. The highest BCUT2D eigenvalue weighted by atomic mass is 16.6. The minimum absolute atomic E-state index is 0.147. The lowest BCUT2D eigenvalue weighted by Crippen LogP contribution is -2.30. The van der Waals surface area contributed by atoms with Crippen molar-refractivity contribution in [2.24, 2.45) is 0 Å². The number of fused-ring (bicyclic) bond motifs is 1. The second-order valence-corrected chi connectivity index (χ2v) is 6.47. The lowest BCUT2D eigenvalue weighted by Gasteiger charge is -2.15. The molecule has 0 aliphatic rings. The summed E-state index contributed by atoms with van der Waals surface area (Å²) in [7, 11) is 0. The highest BCUT2D eigenvalue weighted by Crippen LogP contribution is 2.21. The van der Waals surface area contributed by atoms with E-state index in [1.54, 1.807) is 0 Å². The molecule has 27 heavy (non-hydrogen) atoms. The molecule has 0 unspecified atom stereocenters. The molecule has 1 N–H and O–H groups in total. The molecule has 0 aliphatic carbocycles. The van der Waals surface area contributed by atoms with Crippen LogP contribution in [-0.4, -0.2) is 10.8 Å². The molecule has 1 amide bonds. The number of carbonyl (C=O) groups is 1. The zero-order chi connectivity index (χ0) is 19.7. The van der Waals surface area contributed by atoms with Crippen LogP contribution in [0.15, 0.2) is 51.7 Å². The summed E-state index contributed by atoms with van der Waals surface area (Å²) < 4.78 is 5.13. The smallest absolute Gasteiger partial charge is 0.349 e. The van der Waals surface area contributed by atoms with E-state index >= 15 is 0 Å². The Morgan fingerprint density at radius 1 is 1.11 bits per heavy atom. The molecular formula is C20H18N2O5. The van der Waals surface area contributed by atoms with Crippen LogP contribution in [0.3, 0.4) is 0 Å². The highest BCUT2D eigenvalue weighted by Gasteiger charge is 2.18. The fourth-order valence-corrected chi connectivity index (χ4v) is 2.77. The number of non-ortho nitro benzene ring substituents is 1. The standard InChI is InChI=1S/C20H18N2O5/c1-11-4-5-14(8-12(11)2)13(3)21-19(23)17-10-15-9-16(22(25)26)6-7-18(15)27-20(17)24/h4-10,13H,1-3H3,(H,21,23)/t13-/m1/s1. The Hall–Kier alpha value is -3.48. The van der Waals surface area contributed by atoms with Gasteiger partial charge in [0.15, 0.2) is 0 Å². The fourth-order valence-electron chi connectivity index (χ4n) is 2.77. The van der Waals surface area contributed by atoms with Crippen LogP contribution in [0.25, 0.3) is 11.0 Å². The first-order valence-corrected chi connectivity index (χ1v) is 8.36. The quantitative estimate of drug-likeness (QED) is 0.430. The monoisotopic (exact) mass is 366 g/mol. The first-order valence-electron chi connectivity index (χ1n) is 8.36. The number of nitro groups is 1. The van der Waals surface area contributed by atoms with Crippen LogP contribution < -0.4 is 10.9 Å². The van der Waals surface area contributed by atoms with E-state index in [0.29, 0.717) is 5.39 Å². The summed E-state index contributed by atoms with van der Waals surface area (Å²) in [6.07, 6.45) is 0. The minimum atomic E-state index is -0.791. The summed E-state index contributed by atoms with van der Waals surface area (Å²) in [6.45, 7) is 5.80. The third-order valence-electron chi connectivity index (χ3n) is 4.55. The molecule has 7 heteroatoms. The summed E-state index contributed by atoms with van der Waals surface area (Å²) in [5, 5.41) is 14.0.